The van der Waals surface area contributed by atoms with Crippen LogP contribution in [0.15, 0.2) is 72.8 Å². The van der Waals surface area contributed by atoms with Gasteiger partial charge in [-0.2, -0.15) is 0 Å². The average Bonchev–Trinajstić information content (AvgIpc) is 3.30. The second kappa shape index (κ2) is 45.1. The van der Waals surface area contributed by atoms with E-state index in [-0.39, 0.29) is 193 Å². The Morgan fingerprint density at radius 3 is 0.615 bits per heavy atom. The summed E-state index contributed by atoms with van der Waals surface area (Å²) in [5.74, 6) is 0. The van der Waals surface area contributed by atoms with Crippen molar-refractivity contribution in [3.8, 4) is 0 Å². The minimum Gasteiger partial charge on any atom is -0.747 e. The van der Waals surface area contributed by atoms with E-state index in [1.165, 1.54) is 93.7 Å². The molecule has 3 rings (SSSR count). The molecule has 0 saturated carbocycles. The molecule has 0 aliphatic heterocycles. The van der Waals surface area contributed by atoms with Crippen LogP contribution >= 0.6 is 22.8 Å². The summed E-state index contributed by atoms with van der Waals surface area (Å²) in [6.45, 7) is 6.56. The van der Waals surface area contributed by atoms with Gasteiger partial charge in [0.15, 0.2) is 15.0 Å². The van der Waals surface area contributed by atoms with E-state index in [0.717, 1.165) is 55.2 Å². The summed E-state index contributed by atoms with van der Waals surface area (Å²) in [6, 6.07) is 23.8. The normalized spacial score (nSPS) is 13.2. The Morgan fingerprint density at radius 2 is 0.474 bits per heavy atom. The van der Waals surface area contributed by atoms with Crippen LogP contribution in [0.25, 0.3) is 0 Å². The third-order valence-corrected chi connectivity index (χ3v) is 23.2. The molecule has 0 aliphatic carbocycles. The van der Waals surface area contributed by atoms with Crippen LogP contribution in [-0.2, 0) is 82.6 Å². The van der Waals surface area contributed by atoms with Crippen LogP contribution in [0, 0.1) is 0 Å². The Balaban J connectivity index is -0.00000106. The molecule has 0 fully saturated rings. The van der Waals surface area contributed by atoms with Gasteiger partial charge in [0.25, 0.3) is 0 Å². The van der Waals surface area contributed by atoms with Crippen molar-refractivity contribution in [3.63, 3.8) is 0 Å². The molecule has 3 aromatic rings. The third kappa shape index (κ3) is 41.0. The zero-order valence-electron chi connectivity index (χ0n) is 46.9. The topological polar surface area (TPSA) is 344 Å². The molecule has 6 N–H and O–H groups in total. The summed E-state index contributed by atoms with van der Waals surface area (Å²) in [5, 5.41) is 0. The van der Waals surface area contributed by atoms with Crippen LogP contribution in [0.4, 0.5) is 0 Å². The van der Waals surface area contributed by atoms with Gasteiger partial charge < -0.3 is 43.0 Å². The molecule has 432 valence electrons. The zero-order chi connectivity index (χ0) is 56.8. The van der Waals surface area contributed by atoms with Gasteiger partial charge in [-0.3, -0.25) is 13.7 Å². The fourth-order valence-electron chi connectivity index (χ4n) is 8.30. The number of rotatable bonds is 36. The first-order chi connectivity index (χ1) is 34.9. The molecule has 78 heavy (non-hydrogen) atoms. The Hall–Kier alpha value is 2.75. The SMILES string of the molecule is CCCCCCCc1ccc(CCCC(P(=O)(O)O)S(=O)(=O)[O-])cc1.CCCCCCCc1ccc(CCCC(P(=O)(O)O)S(=O)(=O)[O-])cc1.CCCCCCCc1ccc(CCCC(P(=O)(O)O)S(=O)(=O)[O-])cc1.[K+].[K+].[K+]. The van der Waals surface area contributed by atoms with E-state index in [2.05, 4.69) is 20.8 Å². The van der Waals surface area contributed by atoms with Crippen LogP contribution in [0.5, 0.6) is 0 Å². The van der Waals surface area contributed by atoms with E-state index in [4.69, 9.17) is 29.4 Å². The predicted molar refractivity (Wildman–Crippen MR) is 292 cm³/mol. The molecule has 0 aliphatic rings. The standard InChI is InChI=1S/3C17H29O6PS.3K/c3*1-2-3-4-5-6-8-15-11-13-16(14-12-15)9-7-10-17(24(18,19)20)25(21,22)23;;;/h3*11-14,17H,2-10H2,1H3,(H2,18,19,20)(H,21,22,23);;;/q;;;3*+1/p-3. The monoisotopic (exact) mass is 1290 g/mol. The van der Waals surface area contributed by atoms with E-state index in [9.17, 15) is 52.6 Å². The summed E-state index contributed by atoms with van der Waals surface area (Å²) in [7, 11) is -29.9. The first-order valence-corrected chi connectivity index (χ1v) is 35.6. The van der Waals surface area contributed by atoms with Gasteiger partial charge in [-0.1, -0.05) is 171 Å². The van der Waals surface area contributed by atoms with Crippen LogP contribution < -0.4 is 154 Å². The van der Waals surface area contributed by atoms with Crippen molar-refractivity contribution in [1.82, 2.24) is 0 Å². The first kappa shape index (κ1) is 85.0. The van der Waals surface area contributed by atoms with Crippen molar-refractivity contribution in [2.45, 2.75) is 209 Å². The third-order valence-electron chi connectivity index (χ3n) is 12.7. The number of benzene rings is 3. The van der Waals surface area contributed by atoms with Crippen molar-refractivity contribution in [1.29, 1.82) is 0 Å². The molecule has 0 bridgehead atoms. The molecular formula is C51H84K3O18P3S3. The van der Waals surface area contributed by atoms with Crippen LogP contribution in [0.2, 0.25) is 0 Å². The number of aryl methyl sites for hydroxylation is 6. The molecular weight excluding hydrogens is 1210 g/mol. The van der Waals surface area contributed by atoms with Crippen molar-refractivity contribution < 1.29 is 236 Å². The van der Waals surface area contributed by atoms with Crippen LogP contribution in [-0.4, -0.2) is 83.2 Å². The Morgan fingerprint density at radius 1 is 0.321 bits per heavy atom. The van der Waals surface area contributed by atoms with E-state index in [0.29, 0.717) is 19.3 Å². The molecule has 0 saturated heterocycles. The molecule has 3 unspecified atom stereocenters. The van der Waals surface area contributed by atoms with Gasteiger partial charge in [-0.15, -0.1) is 0 Å². The fraction of sp³-hybridized carbons (Fsp3) is 0.647. The Kier molecular flexibility index (Phi) is 49.1. The average molecular weight is 1290 g/mol. The number of hydrogen-bond donors (Lipinski definition) is 6. The molecule has 27 heteroatoms. The summed E-state index contributed by atoms with van der Waals surface area (Å²) in [6.07, 6.45) is 22.6. The quantitative estimate of drug-likeness (QED) is 0.0209. The zero-order valence-corrected chi connectivity index (χ0v) is 61.4. The summed E-state index contributed by atoms with van der Waals surface area (Å²) in [4.78, 5) is 47.6. The molecule has 0 radical (unpaired) electrons. The molecule has 0 aromatic heterocycles. The van der Waals surface area contributed by atoms with Crippen molar-refractivity contribution in [2.24, 2.45) is 0 Å². The Bertz CT molecular complexity index is 2250. The van der Waals surface area contributed by atoms with E-state index in [1.807, 2.05) is 72.8 Å². The largest absolute Gasteiger partial charge is 1.00 e. The second-order valence-corrected chi connectivity index (χ2v) is 30.3. The summed E-state index contributed by atoms with van der Waals surface area (Å²) < 4.78 is 132. The summed E-state index contributed by atoms with van der Waals surface area (Å²) in [5.41, 5.74) is 6.62. The van der Waals surface area contributed by atoms with E-state index < -0.39 is 68.1 Å². The van der Waals surface area contributed by atoms with Gasteiger partial charge in [-0.25, -0.2) is 25.3 Å². The first-order valence-electron chi connectivity index (χ1n) is 26.2. The van der Waals surface area contributed by atoms with Crippen LogP contribution in [0.1, 0.15) is 189 Å². The number of hydrogen-bond acceptors (Lipinski definition) is 12. The maximum atomic E-state index is 11.1. The van der Waals surface area contributed by atoms with Crippen molar-refractivity contribution in [3.05, 3.63) is 106 Å². The maximum Gasteiger partial charge on any atom is 1.00 e. The van der Waals surface area contributed by atoms with Crippen molar-refractivity contribution in [2.75, 3.05) is 0 Å². The minimum absolute atomic E-state index is 0. The van der Waals surface area contributed by atoms with E-state index >= 15 is 0 Å². The summed E-state index contributed by atoms with van der Waals surface area (Å²) >= 11 is 0. The molecule has 0 spiro atoms. The van der Waals surface area contributed by atoms with Gasteiger partial charge in [0.05, 0.1) is 0 Å². The van der Waals surface area contributed by atoms with Crippen LogP contribution in [0.3, 0.4) is 0 Å². The fourth-order valence-corrected chi connectivity index (χ4v) is 15.3. The second-order valence-electron chi connectivity index (χ2n) is 19.2. The van der Waals surface area contributed by atoms with Gasteiger partial charge in [0.1, 0.15) is 30.4 Å². The predicted octanol–water partition coefficient (Wildman–Crippen LogP) is 1.73. The molecule has 0 heterocycles. The van der Waals surface area contributed by atoms with E-state index in [1.54, 1.807) is 0 Å². The maximum absolute atomic E-state index is 11.1. The van der Waals surface area contributed by atoms with Gasteiger partial charge in [0.2, 0.25) is 0 Å². The molecule has 3 aromatic carbocycles. The molecule has 3 atom stereocenters. The van der Waals surface area contributed by atoms with Gasteiger partial charge >= 0.3 is 177 Å². The van der Waals surface area contributed by atoms with Gasteiger partial charge in [0, 0.05) is 0 Å². The smallest absolute Gasteiger partial charge is 0.747 e. The van der Waals surface area contributed by atoms with Crippen molar-refractivity contribution >= 4 is 53.1 Å². The molecule has 0 amide bonds. The molecule has 18 nitrogen and oxygen atoms in total. The Labute approximate surface area is 594 Å². The number of unbranched alkanes of at least 4 members (excludes halogenated alkanes) is 12. The minimum atomic E-state index is -5.01. The van der Waals surface area contributed by atoms with Gasteiger partial charge in [-0.05, 0) is 130 Å².